The number of benzene rings is 1. The fourth-order valence-corrected chi connectivity index (χ4v) is 1.75. The molecule has 0 aliphatic rings. The van der Waals surface area contributed by atoms with Crippen LogP contribution < -0.4 is 15.5 Å². The fourth-order valence-electron chi connectivity index (χ4n) is 1.58. The van der Waals surface area contributed by atoms with Crippen molar-refractivity contribution in [2.24, 2.45) is 0 Å². The molecular weight excluding hydrogens is 294 g/mol. The molecule has 0 saturated carbocycles. The summed E-state index contributed by atoms with van der Waals surface area (Å²) >= 11 is 5.93. The van der Waals surface area contributed by atoms with E-state index in [4.69, 9.17) is 26.9 Å². The molecule has 0 unspecified atom stereocenters. The van der Waals surface area contributed by atoms with Gasteiger partial charge in [0.25, 0.3) is 0 Å². The summed E-state index contributed by atoms with van der Waals surface area (Å²) in [7, 11) is 0. The van der Waals surface area contributed by atoms with Crippen LogP contribution in [-0.2, 0) is 9.63 Å². The monoisotopic (exact) mass is 307 g/mol. The summed E-state index contributed by atoms with van der Waals surface area (Å²) in [5.41, 5.74) is 6.11. The molecule has 2 N–H and O–H groups in total. The number of nitrogens with zero attached hydrogens (tertiary/aromatic N) is 2. The molecule has 0 aliphatic heterocycles. The molecule has 7 heteroatoms. The van der Waals surface area contributed by atoms with E-state index >= 15 is 0 Å². The number of carbonyl (C=O) groups excluding carboxylic acids is 1. The summed E-state index contributed by atoms with van der Waals surface area (Å²) in [5, 5.41) is 1.44. The zero-order valence-electron chi connectivity index (χ0n) is 11.3. The van der Waals surface area contributed by atoms with E-state index in [-0.39, 0.29) is 0 Å². The second-order valence-electron chi connectivity index (χ2n) is 3.98. The molecule has 0 radical (unpaired) electrons. The van der Waals surface area contributed by atoms with Crippen LogP contribution in [0.1, 0.15) is 6.92 Å². The van der Waals surface area contributed by atoms with Gasteiger partial charge in [-0.05, 0) is 25.1 Å². The standard InChI is InChI=1S/C14H14ClN3O3/c1-2-20-18(9-19)14-8-11(5-6-17-14)21-10-3-4-13(16)12(15)7-10/h3-9H,2,16H2,1H3. The van der Waals surface area contributed by atoms with Crippen molar-refractivity contribution < 1.29 is 14.4 Å². The van der Waals surface area contributed by atoms with Gasteiger partial charge in [-0.3, -0.25) is 9.63 Å². The summed E-state index contributed by atoms with van der Waals surface area (Å²) in [6.07, 6.45) is 2.05. The molecule has 1 aromatic heterocycles. The number of amides is 1. The Morgan fingerprint density at radius 1 is 1.33 bits per heavy atom. The Balaban J connectivity index is 2.20. The molecule has 0 spiro atoms. The highest BCUT2D eigenvalue weighted by atomic mass is 35.5. The van der Waals surface area contributed by atoms with Gasteiger partial charge in [0.05, 0.1) is 17.3 Å². The number of hydroxylamine groups is 1. The smallest absolute Gasteiger partial charge is 0.239 e. The minimum atomic E-state index is 0.325. The molecule has 0 bridgehead atoms. The van der Waals surface area contributed by atoms with E-state index in [1.165, 1.54) is 6.20 Å². The van der Waals surface area contributed by atoms with E-state index in [1.54, 1.807) is 37.3 Å². The summed E-state index contributed by atoms with van der Waals surface area (Å²) in [5.74, 6) is 1.35. The van der Waals surface area contributed by atoms with Crippen LogP contribution >= 0.6 is 11.6 Å². The lowest BCUT2D eigenvalue weighted by Crippen LogP contribution is -2.22. The van der Waals surface area contributed by atoms with Crippen molar-refractivity contribution in [3.63, 3.8) is 0 Å². The van der Waals surface area contributed by atoms with Crippen LogP contribution in [0.15, 0.2) is 36.5 Å². The lowest BCUT2D eigenvalue weighted by molar-refractivity contribution is -0.113. The second-order valence-corrected chi connectivity index (χ2v) is 4.39. The van der Waals surface area contributed by atoms with Crippen LogP contribution in [0.2, 0.25) is 5.02 Å². The van der Waals surface area contributed by atoms with Crippen LogP contribution in [0.5, 0.6) is 11.5 Å². The van der Waals surface area contributed by atoms with Gasteiger partial charge in [0, 0.05) is 18.3 Å². The first-order chi connectivity index (χ1) is 10.1. The first-order valence-corrected chi connectivity index (χ1v) is 6.58. The molecule has 2 aromatic rings. The summed E-state index contributed by atoms with van der Waals surface area (Å²) in [6.45, 7) is 2.12. The quantitative estimate of drug-likeness (QED) is 0.504. The molecule has 1 amide bonds. The predicted molar refractivity (Wildman–Crippen MR) is 80.3 cm³/mol. The predicted octanol–water partition coefficient (Wildman–Crippen LogP) is 3.02. The molecule has 0 atom stereocenters. The number of halogens is 1. The number of nitrogen functional groups attached to an aromatic ring is 1. The van der Waals surface area contributed by atoms with Gasteiger partial charge < -0.3 is 10.5 Å². The number of nitrogens with two attached hydrogens (primary N) is 1. The van der Waals surface area contributed by atoms with Gasteiger partial charge in [0.1, 0.15) is 11.5 Å². The van der Waals surface area contributed by atoms with Gasteiger partial charge >= 0.3 is 0 Å². The summed E-state index contributed by atoms with van der Waals surface area (Å²) < 4.78 is 5.65. The average Bonchev–Trinajstić information content (AvgIpc) is 2.49. The molecule has 0 aliphatic carbocycles. The van der Waals surface area contributed by atoms with Gasteiger partial charge in [0.15, 0.2) is 5.82 Å². The Kier molecular flexibility index (Phi) is 4.97. The van der Waals surface area contributed by atoms with E-state index in [0.29, 0.717) is 41.0 Å². The van der Waals surface area contributed by atoms with Crippen LogP contribution in [0, 0.1) is 0 Å². The third-order valence-corrected chi connectivity index (χ3v) is 2.84. The minimum Gasteiger partial charge on any atom is -0.457 e. The third kappa shape index (κ3) is 3.84. The van der Waals surface area contributed by atoms with E-state index in [9.17, 15) is 4.79 Å². The zero-order chi connectivity index (χ0) is 15.2. The van der Waals surface area contributed by atoms with Crippen LogP contribution in [0.3, 0.4) is 0 Å². The van der Waals surface area contributed by atoms with Crippen molar-refractivity contribution in [2.75, 3.05) is 17.4 Å². The second kappa shape index (κ2) is 6.92. The number of hydrogen-bond acceptors (Lipinski definition) is 5. The Labute approximate surface area is 127 Å². The highest BCUT2D eigenvalue weighted by molar-refractivity contribution is 6.33. The Hall–Kier alpha value is -2.31. The zero-order valence-corrected chi connectivity index (χ0v) is 12.1. The lowest BCUT2D eigenvalue weighted by Gasteiger charge is -2.15. The van der Waals surface area contributed by atoms with E-state index in [0.717, 1.165) is 5.06 Å². The Bertz CT molecular complexity index is 637. The van der Waals surface area contributed by atoms with E-state index in [2.05, 4.69) is 4.98 Å². The largest absolute Gasteiger partial charge is 0.457 e. The molecule has 2 rings (SSSR count). The fraction of sp³-hybridized carbons (Fsp3) is 0.143. The van der Waals surface area contributed by atoms with Gasteiger partial charge in [-0.15, -0.1) is 0 Å². The summed E-state index contributed by atoms with van der Waals surface area (Å²) in [4.78, 5) is 20.1. The Morgan fingerprint density at radius 2 is 2.10 bits per heavy atom. The number of hydrogen-bond donors (Lipinski definition) is 1. The molecule has 6 nitrogen and oxygen atoms in total. The van der Waals surface area contributed by atoms with Crippen molar-refractivity contribution in [1.82, 2.24) is 4.98 Å². The van der Waals surface area contributed by atoms with E-state index in [1.807, 2.05) is 0 Å². The number of ether oxygens (including phenoxy) is 1. The maximum absolute atomic E-state index is 10.9. The number of anilines is 2. The molecule has 21 heavy (non-hydrogen) atoms. The number of pyridine rings is 1. The molecule has 1 heterocycles. The van der Waals surface area contributed by atoms with Crippen molar-refractivity contribution in [2.45, 2.75) is 6.92 Å². The number of aromatic nitrogens is 1. The van der Waals surface area contributed by atoms with Crippen molar-refractivity contribution in [1.29, 1.82) is 0 Å². The maximum atomic E-state index is 10.9. The molecule has 110 valence electrons. The molecule has 1 aromatic carbocycles. The minimum absolute atomic E-state index is 0.325. The Morgan fingerprint density at radius 3 is 2.76 bits per heavy atom. The summed E-state index contributed by atoms with van der Waals surface area (Å²) in [6, 6.07) is 8.19. The van der Waals surface area contributed by atoms with Crippen LogP contribution in [0.4, 0.5) is 11.5 Å². The molecule has 0 fully saturated rings. The average molecular weight is 308 g/mol. The number of rotatable bonds is 6. The topological polar surface area (TPSA) is 77.7 Å². The van der Waals surface area contributed by atoms with Crippen molar-refractivity contribution in [3.8, 4) is 11.5 Å². The normalized spacial score (nSPS) is 10.2. The maximum Gasteiger partial charge on any atom is 0.239 e. The first kappa shape index (κ1) is 15.1. The van der Waals surface area contributed by atoms with Crippen LogP contribution in [0.25, 0.3) is 0 Å². The molecule has 0 saturated heterocycles. The number of carbonyl (C=O) groups is 1. The van der Waals surface area contributed by atoms with Gasteiger partial charge in [-0.2, -0.15) is 5.06 Å². The van der Waals surface area contributed by atoms with Crippen molar-refractivity contribution in [3.05, 3.63) is 41.6 Å². The van der Waals surface area contributed by atoms with Crippen molar-refractivity contribution >= 4 is 29.5 Å². The lowest BCUT2D eigenvalue weighted by atomic mass is 10.3. The first-order valence-electron chi connectivity index (χ1n) is 6.20. The van der Waals surface area contributed by atoms with Crippen LogP contribution in [-0.4, -0.2) is 18.0 Å². The highest BCUT2D eigenvalue weighted by Gasteiger charge is 2.09. The SMILES string of the molecule is CCON(C=O)c1cc(Oc2ccc(N)c(Cl)c2)ccn1. The molecular formula is C14H14ClN3O3. The van der Waals surface area contributed by atoms with Gasteiger partial charge in [-0.1, -0.05) is 11.6 Å². The van der Waals surface area contributed by atoms with Gasteiger partial charge in [-0.25, -0.2) is 4.98 Å². The highest BCUT2D eigenvalue weighted by Crippen LogP contribution is 2.29. The third-order valence-electron chi connectivity index (χ3n) is 2.51. The van der Waals surface area contributed by atoms with E-state index < -0.39 is 0 Å². The van der Waals surface area contributed by atoms with Gasteiger partial charge in [0.2, 0.25) is 6.41 Å².